The third-order valence-corrected chi connectivity index (χ3v) is 10.0. The maximum atomic E-state index is 12.9. The van der Waals surface area contributed by atoms with Crippen LogP contribution in [0.15, 0.2) is 71.6 Å². The van der Waals surface area contributed by atoms with Gasteiger partial charge in [0.2, 0.25) is 5.91 Å². The van der Waals surface area contributed by atoms with Crippen molar-refractivity contribution in [3.63, 3.8) is 0 Å². The highest BCUT2D eigenvalue weighted by Gasteiger charge is 2.29. The molecule has 1 atom stereocenters. The number of benzene rings is 4. The van der Waals surface area contributed by atoms with Crippen LogP contribution >= 0.6 is 0 Å². The van der Waals surface area contributed by atoms with Crippen molar-refractivity contribution in [3.8, 4) is 23.0 Å². The van der Waals surface area contributed by atoms with Gasteiger partial charge in [-0.05, 0) is 90.8 Å². The molecule has 1 heterocycles. The van der Waals surface area contributed by atoms with Crippen molar-refractivity contribution in [2.45, 2.75) is 36.5 Å². The number of ether oxygens (including phenoxy) is 4. The molecule has 256 valence electrons. The zero-order valence-electron chi connectivity index (χ0n) is 28.2. The third-order valence-electron chi connectivity index (χ3n) is 9.13. The second-order valence-electron chi connectivity index (χ2n) is 12.2. The first-order chi connectivity index (χ1) is 23.1. The molecule has 2 aliphatic rings. The number of nitrogens with zero attached hydrogens (tertiary/aromatic N) is 2. The lowest BCUT2D eigenvalue weighted by atomic mass is 9.77. The van der Waals surface area contributed by atoms with Crippen LogP contribution in [0.5, 0.6) is 23.0 Å². The summed E-state index contributed by atoms with van der Waals surface area (Å²) in [5.74, 6) is 3.69. The highest BCUT2D eigenvalue weighted by atomic mass is 32.2. The topological polar surface area (TPSA) is 115 Å². The fraction of sp³-hybridized carbons (Fsp3) is 0.378. The molecule has 0 aromatic heterocycles. The molecule has 10 nitrogen and oxygen atoms in total. The van der Waals surface area contributed by atoms with E-state index in [1.807, 2.05) is 23.1 Å². The predicted octanol–water partition coefficient (Wildman–Crippen LogP) is 5.40. The summed E-state index contributed by atoms with van der Waals surface area (Å²) in [5.41, 5.74) is 4.91. The predicted molar refractivity (Wildman–Crippen MR) is 185 cm³/mol. The van der Waals surface area contributed by atoms with Crippen LogP contribution in [0.2, 0.25) is 0 Å². The van der Waals surface area contributed by atoms with Gasteiger partial charge in [-0.1, -0.05) is 36.4 Å². The summed E-state index contributed by atoms with van der Waals surface area (Å²) < 4.78 is 52.7. The molecule has 0 fully saturated rings. The Hall–Kier alpha value is -4.32. The Morgan fingerprint density at radius 2 is 1.44 bits per heavy atom. The molecular weight excluding hydrogens is 632 g/mol. The van der Waals surface area contributed by atoms with E-state index in [0.717, 1.165) is 73.6 Å². The molecule has 0 bridgehead atoms. The van der Waals surface area contributed by atoms with Crippen LogP contribution < -0.4 is 18.9 Å². The number of amides is 1. The van der Waals surface area contributed by atoms with Gasteiger partial charge in [0.1, 0.15) is 4.90 Å². The van der Waals surface area contributed by atoms with Gasteiger partial charge >= 0.3 is 0 Å². The van der Waals surface area contributed by atoms with Gasteiger partial charge < -0.3 is 28.7 Å². The maximum absolute atomic E-state index is 12.9. The third kappa shape index (κ3) is 7.86. The van der Waals surface area contributed by atoms with E-state index >= 15 is 0 Å². The summed E-state index contributed by atoms with van der Waals surface area (Å²) in [5, 5.41) is 1.33. The summed E-state index contributed by atoms with van der Waals surface area (Å²) in [7, 11) is 4.66. The number of likely N-dealkylation sites (N-methyl/N-ethyl adjacent to an activating group) is 1. The van der Waals surface area contributed by atoms with Gasteiger partial charge in [-0.2, -0.15) is 8.42 Å². The zero-order chi connectivity index (χ0) is 34.4. The number of fused-ring (bicyclic) bond motifs is 3. The minimum absolute atomic E-state index is 0.0457. The van der Waals surface area contributed by atoms with Crippen LogP contribution in [0.25, 0.3) is 10.8 Å². The van der Waals surface area contributed by atoms with Gasteiger partial charge in [-0.25, -0.2) is 0 Å². The molecular formula is C37H44N2O8S. The number of hydrogen-bond donors (Lipinski definition) is 1. The van der Waals surface area contributed by atoms with E-state index in [-0.39, 0.29) is 10.8 Å². The van der Waals surface area contributed by atoms with Crippen molar-refractivity contribution in [1.82, 2.24) is 9.80 Å². The Bertz CT molecular complexity index is 1870. The van der Waals surface area contributed by atoms with Crippen molar-refractivity contribution in [3.05, 3.63) is 89.0 Å². The van der Waals surface area contributed by atoms with Gasteiger partial charge in [0.15, 0.2) is 23.0 Å². The van der Waals surface area contributed by atoms with E-state index < -0.39 is 10.1 Å². The maximum Gasteiger partial charge on any atom is 0.295 e. The monoisotopic (exact) mass is 676 g/mol. The average Bonchev–Trinajstić information content (AvgIpc) is 3.23. The van der Waals surface area contributed by atoms with Crippen molar-refractivity contribution in [1.29, 1.82) is 0 Å². The highest BCUT2D eigenvalue weighted by molar-refractivity contribution is 7.86. The van der Waals surface area contributed by atoms with Crippen LogP contribution in [0.1, 0.15) is 34.6 Å². The molecule has 11 heteroatoms. The fourth-order valence-corrected chi connectivity index (χ4v) is 7.29. The minimum atomic E-state index is -4.13. The first kappa shape index (κ1) is 35.0. The Kier molecular flexibility index (Phi) is 11.1. The van der Waals surface area contributed by atoms with E-state index in [1.165, 1.54) is 22.8 Å². The number of hydrogen-bond acceptors (Lipinski definition) is 8. The van der Waals surface area contributed by atoms with E-state index in [4.69, 9.17) is 23.5 Å². The molecule has 1 aliphatic carbocycles. The molecule has 1 N–H and O–H groups in total. The normalized spacial score (nSPS) is 15.4. The summed E-state index contributed by atoms with van der Waals surface area (Å²) in [6.45, 7) is 3.47. The number of carbonyl (C=O) groups is 1. The summed E-state index contributed by atoms with van der Waals surface area (Å²) in [6.07, 6.45) is 3.27. The lowest BCUT2D eigenvalue weighted by molar-refractivity contribution is -0.130. The lowest BCUT2D eigenvalue weighted by Gasteiger charge is -2.34. The molecule has 4 aromatic carbocycles. The van der Waals surface area contributed by atoms with Gasteiger partial charge in [0.05, 0.1) is 34.9 Å². The first-order valence-corrected chi connectivity index (χ1v) is 17.4. The first-order valence-electron chi connectivity index (χ1n) is 16.0. The van der Waals surface area contributed by atoms with Crippen molar-refractivity contribution < 1.29 is 36.7 Å². The van der Waals surface area contributed by atoms with Crippen LogP contribution in [-0.4, -0.2) is 90.3 Å². The van der Waals surface area contributed by atoms with Gasteiger partial charge in [0.25, 0.3) is 10.1 Å². The molecule has 0 radical (unpaired) electrons. The molecule has 1 aliphatic heterocycles. The Labute approximate surface area is 282 Å². The summed E-state index contributed by atoms with van der Waals surface area (Å²) in [6, 6.07) is 20.0. The SMILES string of the molecule is COc1cc2c(cc1OC)CC(=O)N(CCCN(C)C[C@H]1Cc3cc(OC)c(OC)cc31)CC2.O=S(=O)(O)c1cccc2ccccc12. The average molecular weight is 677 g/mol. The van der Waals surface area contributed by atoms with Crippen LogP contribution in [-0.2, 0) is 34.2 Å². The van der Waals surface area contributed by atoms with Gasteiger partial charge in [0, 0.05) is 30.9 Å². The zero-order valence-corrected chi connectivity index (χ0v) is 29.0. The van der Waals surface area contributed by atoms with Crippen LogP contribution in [0.4, 0.5) is 0 Å². The Morgan fingerprint density at radius 3 is 2.10 bits per heavy atom. The standard InChI is InChI=1S/C27H36N2O5.C10H8O3S/c1-28(17-21-11-20-14-25(33-4)26(34-5)16-22(20)21)8-6-9-29-10-7-18-12-23(31-2)24(32-3)13-19(18)15-27(29)30;11-14(12,13)10-7-3-5-8-4-1-2-6-9(8)10/h12-14,16,21H,6-11,15,17H2,1-5H3;1-7H,(H,11,12,13)/t21-;/m1./s1. The largest absolute Gasteiger partial charge is 0.493 e. The molecule has 1 amide bonds. The second kappa shape index (κ2) is 15.3. The lowest BCUT2D eigenvalue weighted by Crippen LogP contribution is -2.36. The van der Waals surface area contributed by atoms with Crippen molar-refractivity contribution >= 4 is 26.8 Å². The van der Waals surface area contributed by atoms with E-state index in [2.05, 4.69) is 24.1 Å². The second-order valence-corrected chi connectivity index (χ2v) is 13.5. The number of methoxy groups -OCH3 is 4. The molecule has 0 saturated carbocycles. The Morgan fingerprint density at radius 1 is 0.833 bits per heavy atom. The quantitative estimate of drug-likeness (QED) is 0.209. The van der Waals surface area contributed by atoms with E-state index in [9.17, 15) is 13.2 Å². The minimum Gasteiger partial charge on any atom is -0.493 e. The summed E-state index contributed by atoms with van der Waals surface area (Å²) in [4.78, 5) is 17.2. The molecule has 4 aromatic rings. The van der Waals surface area contributed by atoms with Crippen LogP contribution in [0, 0.1) is 0 Å². The van der Waals surface area contributed by atoms with E-state index in [0.29, 0.717) is 23.5 Å². The van der Waals surface area contributed by atoms with E-state index in [1.54, 1.807) is 58.8 Å². The molecule has 6 rings (SSSR count). The molecule has 0 spiro atoms. The van der Waals surface area contributed by atoms with Gasteiger partial charge in [-0.15, -0.1) is 0 Å². The van der Waals surface area contributed by atoms with Gasteiger partial charge in [-0.3, -0.25) is 9.35 Å². The highest BCUT2D eigenvalue weighted by Crippen LogP contribution is 2.42. The van der Waals surface area contributed by atoms with Crippen molar-refractivity contribution in [2.75, 3.05) is 61.7 Å². The smallest absolute Gasteiger partial charge is 0.295 e. The van der Waals surface area contributed by atoms with Crippen molar-refractivity contribution in [2.24, 2.45) is 0 Å². The number of carbonyl (C=O) groups excluding carboxylic acids is 1. The van der Waals surface area contributed by atoms with Crippen LogP contribution in [0.3, 0.4) is 0 Å². The number of rotatable bonds is 11. The molecule has 0 saturated heterocycles. The molecule has 0 unspecified atom stereocenters. The fourth-order valence-electron chi connectivity index (χ4n) is 6.57. The molecule has 48 heavy (non-hydrogen) atoms. The summed E-state index contributed by atoms with van der Waals surface area (Å²) >= 11 is 0. The Balaban J connectivity index is 0.000000267.